The van der Waals surface area contributed by atoms with Crippen molar-refractivity contribution in [1.82, 2.24) is 0 Å². The lowest BCUT2D eigenvalue weighted by Crippen LogP contribution is -2.23. The van der Waals surface area contributed by atoms with Crippen molar-refractivity contribution in [3.05, 3.63) is 35.9 Å². The van der Waals surface area contributed by atoms with Gasteiger partial charge in [-0.1, -0.05) is 30.3 Å². The molecule has 0 aliphatic heterocycles. The van der Waals surface area contributed by atoms with Crippen LogP contribution < -0.4 is 0 Å². The average Bonchev–Trinajstić information content (AvgIpc) is 2.41. The molecule has 1 unspecified atom stereocenters. The van der Waals surface area contributed by atoms with Crippen molar-refractivity contribution in [3.63, 3.8) is 0 Å². The summed E-state index contributed by atoms with van der Waals surface area (Å²) >= 11 is 0. The molecule has 0 heterocycles. The smallest absolute Gasteiger partial charge is 0.331 e. The second-order valence-corrected chi connectivity index (χ2v) is 5.50. The van der Waals surface area contributed by atoms with Crippen LogP contribution in [-0.2, 0) is 16.1 Å². The average molecular weight is 277 g/mol. The van der Waals surface area contributed by atoms with Crippen molar-refractivity contribution in [2.45, 2.75) is 51.4 Å². The van der Waals surface area contributed by atoms with E-state index in [-0.39, 0.29) is 12.6 Å². The van der Waals surface area contributed by atoms with Crippen LogP contribution in [0.3, 0.4) is 0 Å². The van der Waals surface area contributed by atoms with Crippen molar-refractivity contribution in [2.75, 3.05) is 0 Å². The van der Waals surface area contributed by atoms with Crippen LogP contribution in [-0.4, -0.2) is 29.4 Å². The summed E-state index contributed by atoms with van der Waals surface area (Å²) < 4.78 is 5.23. The van der Waals surface area contributed by atoms with Gasteiger partial charge in [-0.2, -0.15) is 0 Å². The summed E-state index contributed by atoms with van der Waals surface area (Å²) in [5.41, 5.74) is 0.222. The van der Waals surface area contributed by atoms with E-state index in [1.165, 1.54) is 0 Å². The monoisotopic (exact) mass is 277 g/mol. The summed E-state index contributed by atoms with van der Waals surface area (Å²) in [5.74, 6) is -0.361. The molecule has 0 saturated carbocycles. The fraction of sp³-hybridized carbons (Fsp3) is 0.500. The predicted molar refractivity (Wildman–Crippen MR) is 79.7 cm³/mol. The van der Waals surface area contributed by atoms with Crippen LogP contribution in [0.25, 0.3) is 0 Å². The molecular weight excluding hydrogens is 254 g/mol. The molecule has 0 aliphatic rings. The van der Waals surface area contributed by atoms with Crippen molar-refractivity contribution >= 4 is 12.7 Å². The molecule has 20 heavy (non-hydrogen) atoms. The van der Waals surface area contributed by atoms with Gasteiger partial charge in [-0.25, -0.2) is 4.79 Å². The fourth-order valence-electron chi connectivity index (χ4n) is 1.84. The van der Waals surface area contributed by atoms with Gasteiger partial charge in [0.2, 0.25) is 0 Å². The molecule has 4 heteroatoms. The molecule has 0 saturated heterocycles. The largest absolute Gasteiger partial charge is 0.459 e. The van der Waals surface area contributed by atoms with Crippen molar-refractivity contribution in [3.8, 4) is 0 Å². The van der Waals surface area contributed by atoms with Crippen molar-refractivity contribution in [2.24, 2.45) is 4.99 Å². The van der Waals surface area contributed by atoms with Crippen LogP contribution in [0.1, 0.15) is 38.7 Å². The van der Waals surface area contributed by atoms with E-state index < -0.39 is 11.6 Å². The molecule has 1 aromatic rings. The molecule has 1 rings (SSSR count). The Labute approximate surface area is 120 Å². The third-order valence-electron chi connectivity index (χ3n) is 2.98. The Balaban J connectivity index is 2.37. The number of carbonyl (C=O) groups is 1. The van der Waals surface area contributed by atoms with Crippen LogP contribution >= 0.6 is 0 Å². The molecule has 110 valence electrons. The Kier molecular flexibility index (Phi) is 6.39. The minimum atomic E-state index is -0.723. The van der Waals surface area contributed by atoms with Gasteiger partial charge in [0.1, 0.15) is 12.6 Å². The molecule has 0 radical (unpaired) electrons. The molecule has 0 fully saturated rings. The maximum absolute atomic E-state index is 11.9. The lowest BCUT2D eigenvalue weighted by Gasteiger charge is -2.18. The number of ether oxygens (including phenoxy) is 1. The molecule has 0 amide bonds. The third-order valence-corrected chi connectivity index (χ3v) is 2.98. The van der Waals surface area contributed by atoms with Crippen LogP contribution in [0.5, 0.6) is 0 Å². The van der Waals surface area contributed by atoms with Gasteiger partial charge >= 0.3 is 5.97 Å². The lowest BCUT2D eigenvalue weighted by atomic mass is 9.99. The number of nitrogens with zero attached hydrogens (tertiary/aromatic N) is 1. The summed E-state index contributed by atoms with van der Waals surface area (Å²) in [5, 5.41) is 9.63. The predicted octanol–water partition coefficient (Wildman–Crippen LogP) is 2.74. The first kappa shape index (κ1) is 16.4. The fourth-order valence-corrected chi connectivity index (χ4v) is 1.84. The van der Waals surface area contributed by atoms with E-state index in [1.54, 1.807) is 13.8 Å². The van der Waals surface area contributed by atoms with E-state index in [2.05, 4.69) is 11.7 Å². The Morgan fingerprint density at radius 1 is 1.40 bits per heavy atom. The van der Waals surface area contributed by atoms with Crippen LogP contribution in [0, 0.1) is 0 Å². The second-order valence-electron chi connectivity index (χ2n) is 5.50. The molecule has 1 aromatic carbocycles. The zero-order chi connectivity index (χ0) is 15.0. The SMILES string of the molecule is C=NC(CCCC(C)(C)O)C(=O)OCc1ccccc1. The topological polar surface area (TPSA) is 58.9 Å². The van der Waals surface area contributed by atoms with E-state index in [0.717, 1.165) is 5.56 Å². The van der Waals surface area contributed by atoms with Crippen molar-refractivity contribution < 1.29 is 14.6 Å². The van der Waals surface area contributed by atoms with Gasteiger partial charge in [0.15, 0.2) is 0 Å². The number of hydrogen-bond acceptors (Lipinski definition) is 4. The standard InChI is InChI=1S/C16H23NO3/c1-16(2,19)11-7-10-14(17-3)15(18)20-12-13-8-5-4-6-9-13/h4-6,8-9,14,19H,3,7,10-12H2,1-2H3. The summed E-state index contributed by atoms with van der Waals surface area (Å²) in [4.78, 5) is 15.7. The summed E-state index contributed by atoms with van der Waals surface area (Å²) in [7, 11) is 0. The number of carbonyl (C=O) groups excluding carboxylic acids is 1. The Morgan fingerprint density at radius 2 is 2.05 bits per heavy atom. The van der Waals surface area contributed by atoms with Crippen LogP contribution in [0.2, 0.25) is 0 Å². The molecule has 1 N–H and O–H groups in total. The van der Waals surface area contributed by atoms with Gasteiger partial charge in [-0.3, -0.25) is 4.99 Å². The zero-order valence-corrected chi connectivity index (χ0v) is 12.2. The summed E-state index contributed by atoms with van der Waals surface area (Å²) in [6, 6.07) is 8.96. The van der Waals surface area contributed by atoms with E-state index in [0.29, 0.717) is 19.3 Å². The summed E-state index contributed by atoms with van der Waals surface area (Å²) in [6.07, 6.45) is 1.86. The molecular formula is C16H23NO3. The highest BCUT2D eigenvalue weighted by Crippen LogP contribution is 2.15. The molecule has 4 nitrogen and oxygen atoms in total. The lowest BCUT2D eigenvalue weighted by molar-refractivity contribution is -0.146. The number of aliphatic imine (C=N–C) groups is 1. The van der Waals surface area contributed by atoms with Crippen LogP contribution in [0.15, 0.2) is 35.3 Å². The maximum Gasteiger partial charge on any atom is 0.331 e. The minimum Gasteiger partial charge on any atom is -0.459 e. The summed E-state index contributed by atoms with van der Waals surface area (Å²) in [6.45, 7) is 7.18. The number of rotatable bonds is 8. The molecule has 0 bridgehead atoms. The number of esters is 1. The first-order valence-corrected chi connectivity index (χ1v) is 6.81. The first-order valence-electron chi connectivity index (χ1n) is 6.81. The molecule has 1 atom stereocenters. The first-order chi connectivity index (χ1) is 9.42. The highest BCUT2D eigenvalue weighted by atomic mass is 16.5. The Hall–Kier alpha value is -1.68. The van der Waals surface area contributed by atoms with E-state index in [9.17, 15) is 9.90 Å². The van der Waals surface area contributed by atoms with Gasteiger partial charge in [0.25, 0.3) is 0 Å². The quantitative estimate of drug-likeness (QED) is 0.587. The number of hydrogen-bond donors (Lipinski definition) is 1. The molecule has 0 aromatic heterocycles. The van der Waals surface area contributed by atoms with Crippen molar-refractivity contribution in [1.29, 1.82) is 0 Å². The van der Waals surface area contributed by atoms with Crippen LogP contribution in [0.4, 0.5) is 0 Å². The van der Waals surface area contributed by atoms with Gasteiger partial charge < -0.3 is 9.84 Å². The Bertz CT molecular complexity index is 423. The van der Waals surface area contributed by atoms with E-state index in [1.807, 2.05) is 30.3 Å². The number of aliphatic hydroxyl groups is 1. The van der Waals surface area contributed by atoms with E-state index >= 15 is 0 Å². The highest BCUT2D eigenvalue weighted by molar-refractivity contribution is 5.76. The third kappa shape index (κ3) is 6.48. The zero-order valence-electron chi connectivity index (χ0n) is 12.2. The molecule has 0 aliphatic carbocycles. The highest BCUT2D eigenvalue weighted by Gasteiger charge is 2.20. The maximum atomic E-state index is 11.9. The normalized spacial score (nSPS) is 12.8. The minimum absolute atomic E-state index is 0.247. The van der Waals surface area contributed by atoms with Gasteiger partial charge in [0.05, 0.1) is 5.60 Å². The molecule has 0 spiro atoms. The van der Waals surface area contributed by atoms with Gasteiger partial charge in [-0.15, -0.1) is 0 Å². The van der Waals surface area contributed by atoms with Gasteiger partial charge in [0, 0.05) is 0 Å². The van der Waals surface area contributed by atoms with E-state index in [4.69, 9.17) is 4.74 Å². The second kappa shape index (κ2) is 7.80. The van der Waals surface area contributed by atoms with Gasteiger partial charge in [-0.05, 0) is 45.4 Å². The Morgan fingerprint density at radius 3 is 2.60 bits per heavy atom. The number of benzene rings is 1.